The van der Waals surface area contributed by atoms with Crippen molar-refractivity contribution in [1.29, 1.82) is 0 Å². The number of hydrogen-bond donors (Lipinski definition) is 2. The molecule has 0 aliphatic heterocycles. The molecule has 6 nitrogen and oxygen atoms in total. The summed E-state index contributed by atoms with van der Waals surface area (Å²) in [7, 11) is 1.74. The van der Waals surface area contributed by atoms with Crippen LogP contribution in [0.2, 0.25) is 10.0 Å². The van der Waals surface area contributed by atoms with Crippen molar-refractivity contribution in [3.8, 4) is 0 Å². The molecule has 3 aromatic rings. The maximum Gasteiger partial charge on any atom is 0.255 e. The number of hydrogen-bond acceptors (Lipinski definition) is 3. The summed E-state index contributed by atoms with van der Waals surface area (Å²) in [5.41, 5.74) is 2.33. The molecule has 2 amide bonds. The summed E-state index contributed by atoms with van der Waals surface area (Å²) in [6, 6.07) is 10.0. The third-order valence-electron chi connectivity index (χ3n) is 4.36. The Balaban J connectivity index is 1.67. The molecule has 0 atom stereocenters. The van der Waals surface area contributed by atoms with E-state index < -0.39 is 0 Å². The van der Waals surface area contributed by atoms with Crippen LogP contribution in [-0.4, -0.2) is 40.3 Å². The molecule has 0 saturated heterocycles. The molecular weight excluding hydrogens is 411 g/mol. The third kappa shape index (κ3) is 5.08. The second kappa shape index (κ2) is 8.84. The number of amides is 2. The van der Waals surface area contributed by atoms with E-state index in [-0.39, 0.29) is 23.4 Å². The third-order valence-corrected chi connectivity index (χ3v) is 4.90. The van der Waals surface area contributed by atoms with Gasteiger partial charge in [-0.15, -0.1) is 0 Å². The highest BCUT2D eigenvalue weighted by atomic mass is 35.5. The number of benzene rings is 2. The van der Waals surface area contributed by atoms with E-state index in [4.69, 9.17) is 23.2 Å². The van der Waals surface area contributed by atoms with E-state index in [9.17, 15) is 9.59 Å². The molecule has 1 aromatic heterocycles. The number of rotatable bonds is 6. The summed E-state index contributed by atoms with van der Waals surface area (Å²) in [4.78, 5) is 34.1. The van der Waals surface area contributed by atoms with Crippen molar-refractivity contribution < 1.29 is 9.59 Å². The smallest absolute Gasteiger partial charge is 0.255 e. The molecule has 0 aliphatic rings. The van der Waals surface area contributed by atoms with Gasteiger partial charge in [0.1, 0.15) is 5.82 Å². The van der Waals surface area contributed by atoms with E-state index in [1.165, 1.54) is 6.07 Å². The van der Waals surface area contributed by atoms with E-state index >= 15 is 0 Å². The number of carbonyl (C=O) groups is 2. The summed E-state index contributed by atoms with van der Waals surface area (Å²) in [6.07, 6.45) is 0. The standard InChI is InChI=1S/C21H22Cl2N4O2/c1-12(2)11-27(3)21(29)15-6-4-13(8-16(15)23)20(28)24-10-19-25-17-7-5-14(22)9-18(17)26-19/h4-9,12H,10-11H2,1-3H3,(H,24,28)(H,25,26). The summed E-state index contributed by atoms with van der Waals surface area (Å²) >= 11 is 12.2. The molecule has 0 radical (unpaired) electrons. The number of imidazole rings is 1. The van der Waals surface area contributed by atoms with Gasteiger partial charge in [0.25, 0.3) is 11.8 Å². The van der Waals surface area contributed by atoms with E-state index in [0.717, 1.165) is 11.0 Å². The molecule has 0 saturated carbocycles. The van der Waals surface area contributed by atoms with Crippen LogP contribution in [0.25, 0.3) is 11.0 Å². The summed E-state index contributed by atoms with van der Waals surface area (Å²) in [5, 5.41) is 3.65. The minimum atomic E-state index is -0.306. The average Bonchev–Trinajstić information content (AvgIpc) is 3.06. The maximum absolute atomic E-state index is 12.5. The van der Waals surface area contributed by atoms with Gasteiger partial charge < -0.3 is 15.2 Å². The topological polar surface area (TPSA) is 78.1 Å². The van der Waals surface area contributed by atoms with Crippen LogP contribution in [0.4, 0.5) is 0 Å². The fourth-order valence-corrected chi connectivity index (χ4v) is 3.48. The molecule has 0 aliphatic carbocycles. The Labute approximate surface area is 179 Å². The number of aromatic nitrogens is 2. The fraction of sp³-hybridized carbons (Fsp3) is 0.286. The van der Waals surface area contributed by atoms with Gasteiger partial charge in [0.05, 0.1) is 28.2 Å². The lowest BCUT2D eigenvalue weighted by Crippen LogP contribution is -2.30. The van der Waals surface area contributed by atoms with Crippen molar-refractivity contribution in [3.63, 3.8) is 0 Å². The lowest BCUT2D eigenvalue weighted by molar-refractivity contribution is 0.0778. The maximum atomic E-state index is 12.5. The number of halogens is 2. The Morgan fingerprint density at radius 3 is 2.62 bits per heavy atom. The van der Waals surface area contributed by atoms with Crippen LogP contribution in [0.1, 0.15) is 40.4 Å². The van der Waals surface area contributed by atoms with Crippen LogP contribution in [0.3, 0.4) is 0 Å². The van der Waals surface area contributed by atoms with Crippen LogP contribution >= 0.6 is 23.2 Å². The zero-order valence-corrected chi connectivity index (χ0v) is 17.9. The van der Waals surface area contributed by atoms with Crippen LogP contribution in [0.5, 0.6) is 0 Å². The first kappa shape index (κ1) is 21.1. The summed E-state index contributed by atoms with van der Waals surface area (Å²) in [6.45, 7) is 4.92. The van der Waals surface area contributed by atoms with E-state index in [1.807, 2.05) is 19.9 Å². The average molecular weight is 433 g/mol. The highest BCUT2D eigenvalue weighted by molar-refractivity contribution is 6.34. The molecule has 29 heavy (non-hydrogen) atoms. The number of nitrogens with zero attached hydrogens (tertiary/aromatic N) is 2. The van der Waals surface area contributed by atoms with Gasteiger partial charge >= 0.3 is 0 Å². The molecule has 0 bridgehead atoms. The molecule has 2 aromatic carbocycles. The number of aromatic amines is 1. The molecular formula is C21H22Cl2N4O2. The van der Waals surface area contributed by atoms with Crippen molar-refractivity contribution in [3.05, 3.63) is 63.4 Å². The first-order valence-electron chi connectivity index (χ1n) is 9.22. The number of H-pyrrole nitrogens is 1. The predicted molar refractivity (Wildman–Crippen MR) is 116 cm³/mol. The quantitative estimate of drug-likeness (QED) is 0.600. The van der Waals surface area contributed by atoms with Gasteiger partial charge in [0, 0.05) is 24.2 Å². The van der Waals surface area contributed by atoms with Crippen molar-refractivity contribution in [2.75, 3.05) is 13.6 Å². The lowest BCUT2D eigenvalue weighted by Gasteiger charge is -2.20. The summed E-state index contributed by atoms with van der Waals surface area (Å²) in [5.74, 6) is 0.488. The van der Waals surface area contributed by atoms with Crippen molar-refractivity contribution in [1.82, 2.24) is 20.2 Å². The van der Waals surface area contributed by atoms with Gasteiger partial charge in [-0.25, -0.2) is 4.98 Å². The van der Waals surface area contributed by atoms with Gasteiger partial charge in [-0.05, 0) is 42.3 Å². The molecule has 152 valence electrons. The van der Waals surface area contributed by atoms with Crippen LogP contribution < -0.4 is 5.32 Å². The number of nitrogens with one attached hydrogen (secondary N) is 2. The molecule has 2 N–H and O–H groups in total. The van der Waals surface area contributed by atoms with Crippen molar-refractivity contribution in [2.45, 2.75) is 20.4 Å². The second-order valence-electron chi connectivity index (χ2n) is 7.30. The summed E-state index contributed by atoms with van der Waals surface area (Å²) < 4.78 is 0. The van der Waals surface area contributed by atoms with Crippen molar-refractivity contribution >= 4 is 46.0 Å². The van der Waals surface area contributed by atoms with Gasteiger partial charge in [0.15, 0.2) is 0 Å². The normalized spacial score (nSPS) is 11.1. The minimum Gasteiger partial charge on any atom is -0.345 e. The van der Waals surface area contributed by atoms with Crippen LogP contribution in [-0.2, 0) is 6.54 Å². The van der Waals surface area contributed by atoms with Gasteiger partial charge in [-0.3, -0.25) is 9.59 Å². The van der Waals surface area contributed by atoms with Crippen LogP contribution in [0.15, 0.2) is 36.4 Å². The minimum absolute atomic E-state index is 0.170. The molecule has 8 heteroatoms. The number of fused-ring (bicyclic) bond motifs is 1. The molecule has 3 rings (SSSR count). The first-order valence-corrected chi connectivity index (χ1v) is 9.97. The van der Waals surface area contributed by atoms with Gasteiger partial charge in [0.2, 0.25) is 0 Å². The monoisotopic (exact) mass is 432 g/mol. The second-order valence-corrected chi connectivity index (χ2v) is 8.15. The Morgan fingerprint density at radius 2 is 1.93 bits per heavy atom. The zero-order valence-electron chi connectivity index (χ0n) is 16.4. The highest BCUT2D eigenvalue weighted by Gasteiger charge is 2.18. The Bertz CT molecular complexity index is 1060. The molecule has 1 heterocycles. The van der Waals surface area contributed by atoms with Crippen LogP contribution in [0, 0.1) is 5.92 Å². The first-order chi connectivity index (χ1) is 13.7. The predicted octanol–water partition coefficient (Wildman–Crippen LogP) is 4.53. The van der Waals surface area contributed by atoms with Gasteiger partial charge in [-0.2, -0.15) is 0 Å². The Hall–Kier alpha value is -2.57. The Morgan fingerprint density at radius 1 is 1.17 bits per heavy atom. The Kier molecular flexibility index (Phi) is 6.45. The van der Waals surface area contributed by atoms with E-state index in [1.54, 1.807) is 36.2 Å². The number of carbonyl (C=O) groups excluding carboxylic acids is 2. The van der Waals surface area contributed by atoms with E-state index in [2.05, 4.69) is 15.3 Å². The fourth-order valence-electron chi connectivity index (χ4n) is 3.05. The lowest BCUT2D eigenvalue weighted by atomic mass is 10.1. The largest absolute Gasteiger partial charge is 0.345 e. The highest BCUT2D eigenvalue weighted by Crippen LogP contribution is 2.20. The van der Waals surface area contributed by atoms with Crippen molar-refractivity contribution in [2.24, 2.45) is 5.92 Å². The zero-order chi connectivity index (χ0) is 21.1. The molecule has 0 spiro atoms. The SMILES string of the molecule is CC(C)CN(C)C(=O)c1ccc(C(=O)NCc2nc3ccc(Cl)cc3[nH]2)cc1Cl. The van der Waals surface area contributed by atoms with E-state index in [0.29, 0.717) is 34.4 Å². The molecule has 0 unspecified atom stereocenters. The molecule has 0 fully saturated rings. The van der Waals surface area contributed by atoms with Gasteiger partial charge in [-0.1, -0.05) is 37.0 Å².